The smallest absolute Gasteiger partial charge is 0.249 e. The minimum atomic E-state index is 0.379. The van der Waals surface area contributed by atoms with Crippen LogP contribution < -0.4 is 15.4 Å². The van der Waals surface area contributed by atoms with E-state index >= 15 is 0 Å². The molecule has 0 aliphatic heterocycles. The molecule has 0 amide bonds. The van der Waals surface area contributed by atoms with Gasteiger partial charge in [0.15, 0.2) is 5.82 Å². The molecule has 0 bridgehead atoms. The van der Waals surface area contributed by atoms with Gasteiger partial charge in [-0.1, -0.05) is 24.3 Å². The van der Waals surface area contributed by atoms with Crippen molar-refractivity contribution in [3.63, 3.8) is 0 Å². The van der Waals surface area contributed by atoms with Crippen LogP contribution in [0, 0.1) is 6.92 Å². The topological polar surface area (TPSA) is 84.9 Å². The largest absolute Gasteiger partial charge is 0.495 e. The predicted molar refractivity (Wildman–Crippen MR) is 106 cm³/mol. The molecule has 134 valence electrons. The van der Waals surface area contributed by atoms with Crippen LogP contribution in [0.3, 0.4) is 0 Å². The Bertz CT molecular complexity index is 1090. The number of anilines is 4. The molecule has 2 heterocycles. The quantitative estimate of drug-likeness (QED) is 0.552. The Morgan fingerprint density at radius 1 is 0.963 bits per heavy atom. The molecule has 7 heteroatoms. The summed E-state index contributed by atoms with van der Waals surface area (Å²) >= 11 is 0. The molecule has 0 radical (unpaired) electrons. The highest BCUT2D eigenvalue weighted by Crippen LogP contribution is 2.28. The maximum absolute atomic E-state index is 5.40. The maximum Gasteiger partial charge on any atom is 0.249 e. The highest BCUT2D eigenvalue weighted by atomic mass is 16.5. The van der Waals surface area contributed by atoms with Crippen LogP contribution >= 0.6 is 0 Å². The molecule has 0 spiro atoms. The Morgan fingerprint density at radius 3 is 2.74 bits per heavy atom. The minimum Gasteiger partial charge on any atom is -0.495 e. The Labute approximate surface area is 156 Å². The molecule has 0 fully saturated rings. The third kappa shape index (κ3) is 3.62. The summed E-state index contributed by atoms with van der Waals surface area (Å²) < 4.78 is 5.40. The molecule has 2 aromatic carbocycles. The number of nitrogens with one attached hydrogen (secondary N) is 2. The van der Waals surface area contributed by atoms with Crippen molar-refractivity contribution in [1.82, 2.24) is 20.2 Å². The van der Waals surface area contributed by atoms with E-state index in [9.17, 15) is 0 Å². The number of rotatable bonds is 5. The first-order valence-electron chi connectivity index (χ1n) is 8.45. The third-order valence-corrected chi connectivity index (χ3v) is 4.06. The Balaban J connectivity index is 1.62. The number of aromatic nitrogens is 4. The van der Waals surface area contributed by atoms with Gasteiger partial charge in [0.1, 0.15) is 5.75 Å². The average molecular weight is 358 g/mol. The van der Waals surface area contributed by atoms with Gasteiger partial charge >= 0.3 is 0 Å². The van der Waals surface area contributed by atoms with Gasteiger partial charge in [-0.25, -0.2) is 0 Å². The highest BCUT2D eigenvalue weighted by molar-refractivity contribution is 5.91. The molecular weight excluding hydrogens is 340 g/mol. The second-order valence-electron chi connectivity index (χ2n) is 6.00. The van der Waals surface area contributed by atoms with Crippen LogP contribution in [0.4, 0.5) is 23.1 Å². The number of para-hydroxylation sites is 1. The van der Waals surface area contributed by atoms with E-state index in [4.69, 9.17) is 4.74 Å². The summed E-state index contributed by atoms with van der Waals surface area (Å²) in [7, 11) is 1.63. The number of fused-ring (bicyclic) bond motifs is 1. The van der Waals surface area contributed by atoms with Gasteiger partial charge in [-0.2, -0.15) is 10.1 Å². The number of methoxy groups -OCH3 is 1. The standard InChI is InChI=1S/C20H18N6O/c1-13-8-9-17(27-2)16(11-13)23-18-12-22-26-20(25-18)24-15-7-3-5-14-6-4-10-21-19(14)15/h3-12H,1-2H3,(H2,23,24,25,26). The molecule has 4 aromatic rings. The number of benzene rings is 2. The molecule has 27 heavy (non-hydrogen) atoms. The van der Waals surface area contributed by atoms with E-state index in [0.717, 1.165) is 33.6 Å². The third-order valence-electron chi connectivity index (χ3n) is 4.06. The lowest BCUT2D eigenvalue weighted by molar-refractivity contribution is 0.416. The summed E-state index contributed by atoms with van der Waals surface area (Å²) in [4.78, 5) is 8.93. The van der Waals surface area contributed by atoms with Crippen molar-refractivity contribution in [3.05, 3.63) is 66.5 Å². The number of nitrogens with zero attached hydrogens (tertiary/aromatic N) is 4. The summed E-state index contributed by atoms with van der Waals surface area (Å²) in [6, 6.07) is 15.7. The number of hydrogen-bond acceptors (Lipinski definition) is 7. The monoisotopic (exact) mass is 358 g/mol. The molecule has 0 saturated heterocycles. The first-order chi connectivity index (χ1) is 13.2. The van der Waals surface area contributed by atoms with E-state index in [1.807, 2.05) is 55.5 Å². The van der Waals surface area contributed by atoms with E-state index in [1.54, 1.807) is 19.5 Å². The van der Waals surface area contributed by atoms with E-state index < -0.39 is 0 Å². The van der Waals surface area contributed by atoms with E-state index in [2.05, 4.69) is 30.8 Å². The van der Waals surface area contributed by atoms with Gasteiger partial charge in [-0.15, -0.1) is 5.10 Å². The lowest BCUT2D eigenvalue weighted by atomic mass is 10.2. The molecule has 0 unspecified atom stereocenters. The van der Waals surface area contributed by atoms with E-state index in [0.29, 0.717) is 11.8 Å². The van der Waals surface area contributed by atoms with Crippen molar-refractivity contribution < 1.29 is 4.74 Å². The van der Waals surface area contributed by atoms with Crippen LogP contribution in [0.25, 0.3) is 10.9 Å². The van der Waals surface area contributed by atoms with Crippen LogP contribution in [0.15, 0.2) is 60.9 Å². The maximum atomic E-state index is 5.40. The Kier molecular flexibility index (Phi) is 4.49. The highest BCUT2D eigenvalue weighted by Gasteiger charge is 2.08. The predicted octanol–water partition coefficient (Wildman–Crippen LogP) is 4.22. The van der Waals surface area contributed by atoms with Gasteiger partial charge in [0.05, 0.1) is 30.2 Å². The lowest BCUT2D eigenvalue weighted by Crippen LogP contribution is -2.03. The van der Waals surface area contributed by atoms with Crippen LogP contribution in [-0.2, 0) is 0 Å². The summed E-state index contributed by atoms with van der Waals surface area (Å²) in [6.07, 6.45) is 3.32. The fourth-order valence-corrected chi connectivity index (χ4v) is 2.80. The second-order valence-corrected chi connectivity index (χ2v) is 6.00. The Hall–Kier alpha value is -3.74. The minimum absolute atomic E-state index is 0.379. The van der Waals surface area contributed by atoms with Crippen LogP contribution in [0.5, 0.6) is 5.75 Å². The fourth-order valence-electron chi connectivity index (χ4n) is 2.80. The molecule has 7 nitrogen and oxygen atoms in total. The van der Waals surface area contributed by atoms with Gasteiger partial charge in [-0.3, -0.25) is 4.98 Å². The van der Waals surface area contributed by atoms with E-state index in [1.165, 1.54) is 0 Å². The molecule has 0 atom stereocenters. The summed E-state index contributed by atoms with van der Waals surface area (Å²) in [6.45, 7) is 2.02. The number of pyridine rings is 1. The lowest BCUT2D eigenvalue weighted by Gasteiger charge is -2.12. The van der Waals surface area contributed by atoms with Crippen molar-refractivity contribution in [2.45, 2.75) is 6.92 Å². The van der Waals surface area contributed by atoms with Crippen molar-refractivity contribution >= 4 is 34.0 Å². The first kappa shape index (κ1) is 16.7. The normalized spacial score (nSPS) is 10.6. The average Bonchev–Trinajstić information content (AvgIpc) is 2.69. The summed E-state index contributed by atoms with van der Waals surface area (Å²) in [5, 5.41) is 15.6. The molecule has 0 saturated carbocycles. The number of ether oxygens (including phenoxy) is 1. The van der Waals surface area contributed by atoms with Gasteiger partial charge < -0.3 is 15.4 Å². The van der Waals surface area contributed by atoms with Crippen molar-refractivity contribution in [3.8, 4) is 5.75 Å². The zero-order valence-corrected chi connectivity index (χ0v) is 15.0. The molecular formula is C20H18N6O. The molecule has 2 N–H and O–H groups in total. The fraction of sp³-hybridized carbons (Fsp3) is 0.100. The van der Waals surface area contributed by atoms with Gasteiger partial charge in [0.2, 0.25) is 5.95 Å². The van der Waals surface area contributed by atoms with Crippen LogP contribution in [0.2, 0.25) is 0 Å². The van der Waals surface area contributed by atoms with Crippen molar-refractivity contribution in [2.24, 2.45) is 0 Å². The summed E-state index contributed by atoms with van der Waals surface area (Å²) in [5.74, 6) is 1.67. The van der Waals surface area contributed by atoms with Crippen molar-refractivity contribution in [2.75, 3.05) is 17.7 Å². The number of hydrogen-bond donors (Lipinski definition) is 2. The molecule has 0 aliphatic carbocycles. The van der Waals surface area contributed by atoms with Gasteiger partial charge in [0.25, 0.3) is 0 Å². The number of aryl methyl sites for hydroxylation is 1. The van der Waals surface area contributed by atoms with Crippen molar-refractivity contribution in [1.29, 1.82) is 0 Å². The second kappa shape index (κ2) is 7.25. The Morgan fingerprint density at radius 2 is 1.85 bits per heavy atom. The summed E-state index contributed by atoms with van der Waals surface area (Å²) in [5.41, 5.74) is 3.60. The van der Waals surface area contributed by atoms with Gasteiger partial charge in [0, 0.05) is 11.6 Å². The zero-order chi connectivity index (χ0) is 18.6. The first-order valence-corrected chi connectivity index (χ1v) is 8.45. The molecule has 0 aliphatic rings. The van der Waals surface area contributed by atoms with Gasteiger partial charge in [-0.05, 0) is 36.8 Å². The zero-order valence-electron chi connectivity index (χ0n) is 15.0. The molecule has 2 aromatic heterocycles. The van der Waals surface area contributed by atoms with E-state index in [-0.39, 0.29) is 0 Å². The van der Waals surface area contributed by atoms with Crippen LogP contribution in [-0.4, -0.2) is 27.3 Å². The van der Waals surface area contributed by atoms with Crippen LogP contribution in [0.1, 0.15) is 5.56 Å². The molecule has 4 rings (SSSR count). The SMILES string of the molecule is COc1ccc(C)cc1Nc1cnnc(Nc2cccc3cccnc23)n1.